The number of amides is 1. The summed E-state index contributed by atoms with van der Waals surface area (Å²) in [5.41, 5.74) is 3.71. The first-order valence-electron chi connectivity index (χ1n) is 9.95. The van der Waals surface area contributed by atoms with Gasteiger partial charge in [-0.05, 0) is 35.6 Å². The molecule has 0 saturated carbocycles. The second-order valence-electron chi connectivity index (χ2n) is 7.89. The van der Waals surface area contributed by atoms with Crippen molar-refractivity contribution in [1.29, 1.82) is 0 Å². The maximum Gasteiger partial charge on any atom is 0.242 e. The average Bonchev–Trinajstić information content (AvgIpc) is 2.73. The summed E-state index contributed by atoms with van der Waals surface area (Å²) in [7, 11) is 5.33. The van der Waals surface area contributed by atoms with E-state index in [1.807, 2.05) is 56.6 Å². The normalized spacial score (nSPS) is 22.1. The van der Waals surface area contributed by atoms with Gasteiger partial charge in [0.2, 0.25) is 5.91 Å². The number of methoxy groups -OCH3 is 1. The average molecular weight is 390 g/mol. The van der Waals surface area contributed by atoms with E-state index < -0.39 is 0 Å². The standard InChI is InChI=1S/C24H26N2O3/c1-25(2)26-21-13-18(16-8-5-4-6-9-16)14-22(27)24(21)20(15-23(26)28)17-10-7-11-19(12-17)29-3/h4-12,18,20H,13-15H2,1-3H3/t18-,20-/m0/s1. The van der Waals surface area contributed by atoms with Gasteiger partial charge in [0.15, 0.2) is 5.78 Å². The van der Waals surface area contributed by atoms with Crippen molar-refractivity contribution in [2.75, 3.05) is 21.2 Å². The van der Waals surface area contributed by atoms with Crippen LogP contribution in [0, 0.1) is 0 Å². The summed E-state index contributed by atoms with van der Waals surface area (Å²) in [6.45, 7) is 0. The Kier molecular flexibility index (Phi) is 5.24. The lowest BCUT2D eigenvalue weighted by Crippen LogP contribution is -2.47. The Labute approximate surface area is 171 Å². The molecule has 150 valence electrons. The number of Topliss-reactive ketones (excluding diaryl/α,β-unsaturated/α-hetero) is 1. The van der Waals surface area contributed by atoms with Crippen LogP contribution in [0.3, 0.4) is 0 Å². The number of hydrogen-bond acceptors (Lipinski definition) is 4. The minimum atomic E-state index is -0.229. The lowest BCUT2D eigenvalue weighted by molar-refractivity contribution is -0.143. The molecular formula is C24H26N2O3. The maximum absolute atomic E-state index is 13.4. The van der Waals surface area contributed by atoms with Gasteiger partial charge in [-0.1, -0.05) is 42.5 Å². The fraction of sp³-hybridized carbons (Fsp3) is 0.333. The molecule has 1 heterocycles. The van der Waals surface area contributed by atoms with Crippen molar-refractivity contribution >= 4 is 11.7 Å². The Bertz CT molecular complexity index is 965. The zero-order valence-corrected chi connectivity index (χ0v) is 17.1. The van der Waals surface area contributed by atoms with Gasteiger partial charge in [0, 0.05) is 44.1 Å². The van der Waals surface area contributed by atoms with Crippen LogP contribution in [0.1, 0.15) is 42.2 Å². The van der Waals surface area contributed by atoms with Crippen LogP contribution in [-0.2, 0) is 9.59 Å². The molecule has 0 saturated heterocycles. The summed E-state index contributed by atoms with van der Waals surface area (Å²) in [5, 5.41) is 3.49. The quantitative estimate of drug-likeness (QED) is 0.795. The van der Waals surface area contributed by atoms with Gasteiger partial charge < -0.3 is 4.74 Å². The van der Waals surface area contributed by atoms with E-state index in [2.05, 4.69) is 12.1 Å². The second kappa shape index (κ2) is 7.84. The number of carbonyl (C=O) groups is 2. The fourth-order valence-corrected chi connectivity index (χ4v) is 4.59. The van der Waals surface area contributed by atoms with Gasteiger partial charge in [0.05, 0.1) is 7.11 Å². The maximum atomic E-state index is 13.4. The Morgan fingerprint density at radius 1 is 0.931 bits per heavy atom. The number of hydrazine groups is 1. The van der Waals surface area contributed by atoms with E-state index in [1.165, 1.54) is 0 Å². The molecule has 2 aromatic rings. The van der Waals surface area contributed by atoms with Crippen LogP contribution in [0.2, 0.25) is 0 Å². The van der Waals surface area contributed by atoms with E-state index in [1.54, 1.807) is 17.1 Å². The Balaban J connectivity index is 1.81. The van der Waals surface area contributed by atoms with Crippen molar-refractivity contribution in [3.05, 3.63) is 77.0 Å². The summed E-state index contributed by atoms with van der Waals surface area (Å²) in [5.74, 6) is 0.739. The second-order valence-corrected chi connectivity index (χ2v) is 7.89. The number of benzene rings is 2. The van der Waals surface area contributed by atoms with Crippen LogP contribution in [0.25, 0.3) is 0 Å². The summed E-state index contributed by atoms with van der Waals surface area (Å²) in [4.78, 5) is 26.5. The molecular weight excluding hydrogens is 364 g/mol. The summed E-state index contributed by atoms with van der Waals surface area (Å²) < 4.78 is 5.37. The largest absolute Gasteiger partial charge is 0.497 e. The molecule has 5 nitrogen and oxygen atoms in total. The van der Waals surface area contributed by atoms with E-state index in [9.17, 15) is 9.59 Å². The number of rotatable bonds is 4. The monoisotopic (exact) mass is 390 g/mol. The third-order valence-electron chi connectivity index (χ3n) is 5.87. The van der Waals surface area contributed by atoms with Gasteiger partial charge in [-0.3, -0.25) is 9.59 Å². The first-order valence-corrected chi connectivity index (χ1v) is 9.95. The molecule has 1 aliphatic heterocycles. The van der Waals surface area contributed by atoms with Crippen LogP contribution in [-0.4, -0.2) is 42.9 Å². The molecule has 5 heteroatoms. The van der Waals surface area contributed by atoms with Gasteiger partial charge in [0.25, 0.3) is 0 Å². The summed E-state index contributed by atoms with van der Waals surface area (Å²) >= 11 is 0. The number of ketones is 1. The first-order chi connectivity index (χ1) is 14.0. The fourth-order valence-electron chi connectivity index (χ4n) is 4.59. The molecule has 0 N–H and O–H groups in total. The van der Waals surface area contributed by atoms with E-state index in [0.717, 1.165) is 28.1 Å². The zero-order chi connectivity index (χ0) is 20.5. The third kappa shape index (κ3) is 3.58. The smallest absolute Gasteiger partial charge is 0.242 e. The van der Waals surface area contributed by atoms with Crippen LogP contribution < -0.4 is 4.74 Å². The molecule has 2 atom stereocenters. The molecule has 0 fully saturated rings. The first kappa shape index (κ1) is 19.4. The SMILES string of the molecule is COc1cccc([C@@H]2CC(=O)N(N(C)C)C3=C2C(=O)C[C@@H](c2ccccc2)C3)c1. The lowest BCUT2D eigenvalue weighted by Gasteiger charge is -2.42. The van der Waals surface area contributed by atoms with Gasteiger partial charge in [0.1, 0.15) is 5.75 Å². The Hall–Kier alpha value is -2.92. The predicted octanol–water partition coefficient (Wildman–Crippen LogP) is 3.89. The molecule has 4 rings (SSSR count). The molecule has 1 amide bonds. The van der Waals surface area contributed by atoms with Crippen molar-refractivity contribution in [2.45, 2.75) is 31.1 Å². The van der Waals surface area contributed by atoms with Gasteiger partial charge in [-0.15, -0.1) is 0 Å². The van der Waals surface area contributed by atoms with Crippen LogP contribution in [0.15, 0.2) is 65.9 Å². The van der Waals surface area contributed by atoms with E-state index in [0.29, 0.717) is 12.8 Å². The Morgan fingerprint density at radius 2 is 1.66 bits per heavy atom. The van der Waals surface area contributed by atoms with E-state index in [4.69, 9.17) is 4.74 Å². The van der Waals surface area contributed by atoms with Gasteiger partial charge in [-0.25, -0.2) is 10.0 Å². The van der Waals surface area contributed by atoms with Crippen molar-refractivity contribution in [3.8, 4) is 5.75 Å². The van der Waals surface area contributed by atoms with Crippen LogP contribution in [0.4, 0.5) is 0 Å². The highest BCUT2D eigenvalue weighted by atomic mass is 16.5. The number of nitrogens with zero attached hydrogens (tertiary/aromatic N) is 2. The molecule has 0 unspecified atom stereocenters. The van der Waals surface area contributed by atoms with Crippen molar-refractivity contribution < 1.29 is 14.3 Å². The molecule has 1 aliphatic carbocycles. The predicted molar refractivity (Wildman–Crippen MR) is 111 cm³/mol. The molecule has 0 bridgehead atoms. The lowest BCUT2D eigenvalue weighted by atomic mass is 9.73. The zero-order valence-electron chi connectivity index (χ0n) is 17.1. The third-order valence-corrected chi connectivity index (χ3v) is 5.87. The molecule has 0 spiro atoms. The highest BCUT2D eigenvalue weighted by Crippen LogP contribution is 2.46. The minimum Gasteiger partial charge on any atom is -0.497 e. The van der Waals surface area contributed by atoms with Crippen LogP contribution in [0.5, 0.6) is 5.75 Å². The highest BCUT2D eigenvalue weighted by Gasteiger charge is 2.42. The summed E-state index contributed by atoms with van der Waals surface area (Å²) in [6, 6.07) is 17.8. The molecule has 0 radical (unpaired) electrons. The minimum absolute atomic E-state index is 0.0167. The molecule has 2 aliphatic rings. The van der Waals surface area contributed by atoms with Gasteiger partial charge >= 0.3 is 0 Å². The van der Waals surface area contributed by atoms with E-state index >= 15 is 0 Å². The van der Waals surface area contributed by atoms with Crippen molar-refractivity contribution in [1.82, 2.24) is 10.0 Å². The number of ether oxygens (including phenoxy) is 1. The van der Waals surface area contributed by atoms with Gasteiger partial charge in [-0.2, -0.15) is 0 Å². The van der Waals surface area contributed by atoms with E-state index in [-0.39, 0.29) is 29.9 Å². The van der Waals surface area contributed by atoms with Crippen molar-refractivity contribution in [2.24, 2.45) is 0 Å². The number of carbonyl (C=O) groups excluding carboxylic acids is 2. The summed E-state index contributed by atoms with van der Waals surface area (Å²) in [6.07, 6.45) is 1.43. The molecule has 29 heavy (non-hydrogen) atoms. The Morgan fingerprint density at radius 3 is 2.34 bits per heavy atom. The highest BCUT2D eigenvalue weighted by molar-refractivity contribution is 6.02. The molecule has 0 aromatic heterocycles. The molecule has 2 aromatic carbocycles. The van der Waals surface area contributed by atoms with Crippen LogP contribution >= 0.6 is 0 Å². The number of allylic oxidation sites excluding steroid dienone is 2. The number of hydrogen-bond donors (Lipinski definition) is 0. The topological polar surface area (TPSA) is 49.9 Å². The van der Waals surface area contributed by atoms with Crippen molar-refractivity contribution in [3.63, 3.8) is 0 Å².